The number of ether oxygens (including phenoxy) is 1. The molecular weight excluding hydrogens is 169 g/mol. The number of rotatable bonds is 3. The van der Waals surface area contributed by atoms with Crippen LogP contribution in [0.15, 0.2) is 0 Å². The van der Waals surface area contributed by atoms with Crippen LogP contribution in [0.3, 0.4) is 0 Å². The third kappa shape index (κ3) is 2.66. The molecule has 12 heavy (non-hydrogen) atoms. The first-order chi connectivity index (χ1) is 5.23. The highest BCUT2D eigenvalue weighted by Gasteiger charge is 2.51. The molecule has 0 bridgehead atoms. The van der Waals surface area contributed by atoms with E-state index >= 15 is 0 Å². The monoisotopic (exact) mass is 184 g/mol. The molecular formula is C8H15F3O. The number of alkyl halides is 3. The topological polar surface area (TPSA) is 9.23 Å². The fourth-order valence-electron chi connectivity index (χ4n) is 1.09. The average Bonchev–Trinajstić information content (AvgIpc) is 1.83. The minimum atomic E-state index is -4.29. The van der Waals surface area contributed by atoms with Gasteiger partial charge in [-0.15, -0.1) is 0 Å². The molecule has 0 fully saturated rings. The Hall–Kier alpha value is -0.250. The first kappa shape index (κ1) is 11.8. The fraction of sp³-hybridized carbons (Fsp3) is 1.00. The summed E-state index contributed by atoms with van der Waals surface area (Å²) in [6.45, 7) is 4.55. The van der Waals surface area contributed by atoms with Crippen LogP contribution in [0.5, 0.6) is 0 Å². The van der Waals surface area contributed by atoms with Crippen LogP contribution in [-0.2, 0) is 4.74 Å². The van der Waals surface area contributed by atoms with Crippen molar-refractivity contribution in [1.29, 1.82) is 0 Å². The van der Waals surface area contributed by atoms with Crippen molar-refractivity contribution in [2.24, 2.45) is 5.92 Å². The molecule has 0 aromatic heterocycles. The number of hydrogen-bond acceptors (Lipinski definition) is 1. The predicted octanol–water partition coefficient (Wildman–Crippen LogP) is 3.00. The molecule has 1 unspecified atom stereocenters. The Morgan fingerprint density at radius 1 is 1.25 bits per heavy atom. The smallest absolute Gasteiger partial charge is 0.369 e. The highest BCUT2D eigenvalue weighted by molar-refractivity contribution is 4.84. The van der Waals surface area contributed by atoms with E-state index in [9.17, 15) is 13.2 Å². The van der Waals surface area contributed by atoms with Crippen molar-refractivity contribution in [3.63, 3.8) is 0 Å². The van der Waals surface area contributed by atoms with Gasteiger partial charge >= 0.3 is 6.18 Å². The van der Waals surface area contributed by atoms with E-state index in [1.54, 1.807) is 13.8 Å². The van der Waals surface area contributed by atoms with Crippen molar-refractivity contribution in [3.05, 3.63) is 0 Å². The lowest BCUT2D eigenvalue weighted by Crippen LogP contribution is -2.45. The van der Waals surface area contributed by atoms with Crippen molar-refractivity contribution in [2.75, 3.05) is 7.11 Å². The van der Waals surface area contributed by atoms with Crippen LogP contribution in [0.4, 0.5) is 13.2 Å². The maximum absolute atomic E-state index is 12.3. The van der Waals surface area contributed by atoms with E-state index in [-0.39, 0.29) is 12.3 Å². The maximum atomic E-state index is 12.3. The van der Waals surface area contributed by atoms with Crippen LogP contribution in [0.25, 0.3) is 0 Å². The lowest BCUT2D eigenvalue weighted by atomic mass is 9.93. The molecule has 0 rings (SSSR count). The Kier molecular flexibility index (Phi) is 3.57. The average molecular weight is 184 g/mol. The molecule has 0 aromatic carbocycles. The van der Waals surface area contributed by atoms with E-state index in [1.807, 2.05) is 0 Å². The van der Waals surface area contributed by atoms with Crippen LogP contribution in [0.2, 0.25) is 0 Å². The highest BCUT2D eigenvalue weighted by atomic mass is 19.4. The molecule has 0 radical (unpaired) electrons. The van der Waals surface area contributed by atoms with Gasteiger partial charge in [-0.25, -0.2) is 0 Å². The van der Waals surface area contributed by atoms with Gasteiger partial charge in [-0.2, -0.15) is 13.2 Å². The van der Waals surface area contributed by atoms with Gasteiger partial charge in [0.1, 0.15) is 0 Å². The van der Waals surface area contributed by atoms with E-state index in [1.165, 1.54) is 0 Å². The standard InChI is InChI=1S/C8H15F3O/c1-6(2)5-7(3,12-4)8(9,10)11/h6H,5H2,1-4H3. The molecule has 0 N–H and O–H groups in total. The Morgan fingerprint density at radius 2 is 1.67 bits per heavy atom. The summed E-state index contributed by atoms with van der Waals surface area (Å²) in [4.78, 5) is 0. The second kappa shape index (κ2) is 3.64. The molecule has 0 aliphatic rings. The van der Waals surface area contributed by atoms with Crippen molar-refractivity contribution in [1.82, 2.24) is 0 Å². The first-order valence-corrected chi connectivity index (χ1v) is 3.85. The van der Waals surface area contributed by atoms with E-state index in [2.05, 4.69) is 4.74 Å². The van der Waals surface area contributed by atoms with E-state index in [0.29, 0.717) is 0 Å². The summed E-state index contributed by atoms with van der Waals surface area (Å²) in [6, 6.07) is 0. The molecule has 0 aliphatic carbocycles. The molecule has 4 heteroatoms. The SMILES string of the molecule is COC(C)(CC(C)C)C(F)(F)F. The Balaban J connectivity index is 4.46. The summed E-state index contributed by atoms with van der Waals surface area (Å²) in [5.74, 6) is -0.0309. The van der Waals surface area contributed by atoms with Gasteiger partial charge in [-0.3, -0.25) is 0 Å². The minimum Gasteiger partial charge on any atom is -0.369 e. The second-order valence-electron chi connectivity index (χ2n) is 3.53. The van der Waals surface area contributed by atoms with Crippen LogP contribution in [0.1, 0.15) is 27.2 Å². The van der Waals surface area contributed by atoms with Gasteiger partial charge in [0.2, 0.25) is 0 Å². The largest absolute Gasteiger partial charge is 0.417 e. The lowest BCUT2D eigenvalue weighted by molar-refractivity contribution is -0.267. The number of methoxy groups -OCH3 is 1. The number of halogens is 3. The number of hydrogen-bond donors (Lipinski definition) is 0. The van der Waals surface area contributed by atoms with E-state index < -0.39 is 11.8 Å². The molecule has 1 nitrogen and oxygen atoms in total. The third-order valence-electron chi connectivity index (χ3n) is 1.85. The van der Waals surface area contributed by atoms with Crippen molar-refractivity contribution < 1.29 is 17.9 Å². The molecule has 0 saturated carbocycles. The third-order valence-corrected chi connectivity index (χ3v) is 1.85. The second-order valence-corrected chi connectivity index (χ2v) is 3.53. The van der Waals surface area contributed by atoms with E-state index in [0.717, 1.165) is 14.0 Å². The first-order valence-electron chi connectivity index (χ1n) is 3.85. The van der Waals surface area contributed by atoms with Crippen LogP contribution >= 0.6 is 0 Å². The molecule has 0 aromatic rings. The zero-order valence-corrected chi connectivity index (χ0v) is 7.83. The maximum Gasteiger partial charge on any atom is 0.417 e. The zero-order chi connectivity index (χ0) is 9.99. The van der Waals surface area contributed by atoms with Gasteiger partial charge in [0.25, 0.3) is 0 Å². The normalized spacial score (nSPS) is 18.0. The minimum absolute atomic E-state index is 0.00694. The van der Waals surface area contributed by atoms with Crippen LogP contribution in [0, 0.1) is 5.92 Å². The molecule has 0 amide bonds. The molecule has 0 heterocycles. The summed E-state index contributed by atoms with van der Waals surface area (Å²) < 4.78 is 41.5. The Bertz CT molecular complexity index is 142. The Labute approximate surface area is 70.9 Å². The fourth-order valence-corrected chi connectivity index (χ4v) is 1.09. The molecule has 1 atom stereocenters. The quantitative estimate of drug-likeness (QED) is 0.655. The van der Waals surface area contributed by atoms with Crippen LogP contribution < -0.4 is 0 Å². The highest BCUT2D eigenvalue weighted by Crippen LogP contribution is 2.37. The summed E-state index contributed by atoms with van der Waals surface area (Å²) in [7, 11) is 1.09. The van der Waals surface area contributed by atoms with Gasteiger partial charge in [0, 0.05) is 7.11 Å². The van der Waals surface area contributed by atoms with Crippen LogP contribution in [-0.4, -0.2) is 18.9 Å². The summed E-state index contributed by atoms with van der Waals surface area (Å²) in [5.41, 5.74) is -2.00. The lowest BCUT2D eigenvalue weighted by Gasteiger charge is -2.31. The van der Waals surface area contributed by atoms with Crippen molar-refractivity contribution in [3.8, 4) is 0 Å². The van der Waals surface area contributed by atoms with Gasteiger partial charge in [0.15, 0.2) is 5.60 Å². The summed E-state index contributed by atoms with van der Waals surface area (Å²) >= 11 is 0. The zero-order valence-electron chi connectivity index (χ0n) is 7.83. The van der Waals surface area contributed by atoms with Gasteiger partial charge in [0.05, 0.1) is 0 Å². The summed E-state index contributed by atoms with van der Waals surface area (Å²) in [5, 5.41) is 0. The van der Waals surface area contributed by atoms with Crippen molar-refractivity contribution >= 4 is 0 Å². The molecule has 0 aliphatic heterocycles. The molecule has 74 valence electrons. The molecule has 0 spiro atoms. The predicted molar refractivity (Wildman–Crippen MR) is 40.9 cm³/mol. The Morgan fingerprint density at radius 3 is 1.75 bits per heavy atom. The van der Waals surface area contributed by atoms with Gasteiger partial charge in [-0.05, 0) is 19.3 Å². The van der Waals surface area contributed by atoms with Gasteiger partial charge < -0.3 is 4.74 Å². The molecule has 0 saturated heterocycles. The van der Waals surface area contributed by atoms with Gasteiger partial charge in [-0.1, -0.05) is 13.8 Å². The van der Waals surface area contributed by atoms with E-state index in [4.69, 9.17) is 0 Å². The van der Waals surface area contributed by atoms with Crippen molar-refractivity contribution in [2.45, 2.75) is 39.0 Å². The summed E-state index contributed by atoms with van der Waals surface area (Å²) in [6.07, 6.45) is -4.29.